The van der Waals surface area contributed by atoms with Gasteiger partial charge in [-0.05, 0) is 61.2 Å². The molecule has 2 aliphatic heterocycles. The van der Waals surface area contributed by atoms with Crippen LogP contribution in [0.2, 0.25) is 0 Å². The molecule has 0 saturated carbocycles. The van der Waals surface area contributed by atoms with Gasteiger partial charge in [-0.3, -0.25) is 4.79 Å². The predicted molar refractivity (Wildman–Crippen MR) is 104 cm³/mol. The second kappa shape index (κ2) is 6.83. The van der Waals surface area contributed by atoms with Crippen molar-refractivity contribution in [3.05, 3.63) is 60.0 Å². The molecule has 0 unspecified atom stereocenters. The fourth-order valence-corrected chi connectivity index (χ4v) is 3.50. The van der Waals surface area contributed by atoms with Gasteiger partial charge in [0.05, 0.1) is 11.3 Å². The highest BCUT2D eigenvalue weighted by Crippen LogP contribution is 2.32. The van der Waals surface area contributed by atoms with Gasteiger partial charge in [0, 0.05) is 36.2 Å². The Bertz CT molecular complexity index is 852. The van der Waals surface area contributed by atoms with Crippen molar-refractivity contribution in [1.82, 2.24) is 0 Å². The van der Waals surface area contributed by atoms with Crippen LogP contribution >= 0.6 is 0 Å². The molecule has 0 atom stereocenters. The van der Waals surface area contributed by atoms with E-state index in [1.807, 2.05) is 12.1 Å². The topological polar surface area (TPSA) is 44.4 Å². The number of hydrogen-bond donors (Lipinski definition) is 2. The molecule has 1 amide bonds. The van der Waals surface area contributed by atoms with Crippen LogP contribution in [0.15, 0.2) is 48.7 Å². The number of amides is 1. The summed E-state index contributed by atoms with van der Waals surface area (Å²) in [6.45, 7) is 4.51. The molecule has 0 aromatic heterocycles. The maximum Gasteiger partial charge on any atom is 0.257 e. The summed E-state index contributed by atoms with van der Waals surface area (Å²) in [4.78, 5) is 14.5. The Morgan fingerprint density at radius 1 is 1.15 bits per heavy atom. The number of fused-ring (bicyclic) bond motifs is 1. The third-order valence-corrected chi connectivity index (χ3v) is 5.16. The Balaban J connectivity index is 1.47. The molecule has 4 nitrogen and oxygen atoms in total. The Morgan fingerprint density at radius 3 is 2.62 bits per heavy atom. The molecule has 2 aliphatic rings. The zero-order valence-electron chi connectivity index (χ0n) is 14.8. The predicted octanol–water partition coefficient (Wildman–Crippen LogP) is 4.47. The summed E-state index contributed by atoms with van der Waals surface area (Å²) in [5.41, 5.74) is 3.87. The largest absolute Gasteiger partial charge is 0.372 e. The molecule has 0 spiro atoms. The fraction of sp³-hybridized carbons (Fsp3) is 0.286. The first kappa shape index (κ1) is 16.6. The van der Waals surface area contributed by atoms with Gasteiger partial charge in [-0.25, -0.2) is 4.39 Å². The van der Waals surface area contributed by atoms with Crippen molar-refractivity contribution in [3.8, 4) is 0 Å². The quantitative estimate of drug-likeness (QED) is 0.802. The summed E-state index contributed by atoms with van der Waals surface area (Å²) in [7, 11) is 0. The van der Waals surface area contributed by atoms with Crippen LogP contribution in [0.25, 0.3) is 5.57 Å². The summed E-state index contributed by atoms with van der Waals surface area (Å²) in [6, 6.07) is 12.6. The summed E-state index contributed by atoms with van der Waals surface area (Å²) in [6.07, 6.45) is 4.15. The molecule has 0 aliphatic carbocycles. The maximum atomic E-state index is 13.3. The van der Waals surface area contributed by atoms with Crippen LogP contribution < -0.4 is 15.5 Å². The fourth-order valence-electron chi connectivity index (χ4n) is 3.50. The lowest BCUT2D eigenvalue weighted by molar-refractivity contribution is -0.110. The first-order valence-electron chi connectivity index (χ1n) is 9.03. The molecule has 2 aromatic rings. The number of anilines is 3. The highest BCUT2D eigenvalue weighted by atomic mass is 19.1. The number of halogens is 1. The Morgan fingerprint density at radius 2 is 1.88 bits per heavy atom. The van der Waals surface area contributed by atoms with E-state index in [0.717, 1.165) is 24.7 Å². The minimum atomic E-state index is -0.360. The van der Waals surface area contributed by atoms with E-state index in [1.165, 1.54) is 30.7 Å². The molecule has 2 N–H and O–H groups in total. The number of piperidine rings is 1. The summed E-state index contributed by atoms with van der Waals surface area (Å²) in [5, 5.41) is 5.86. The van der Waals surface area contributed by atoms with Crippen molar-refractivity contribution in [2.45, 2.75) is 19.8 Å². The van der Waals surface area contributed by atoms with Crippen molar-refractivity contribution in [2.75, 3.05) is 28.6 Å². The van der Waals surface area contributed by atoms with E-state index in [4.69, 9.17) is 0 Å². The molecule has 0 radical (unpaired) electrons. The average molecular weight is 351 g/mol. The Kier molecular flexibility index (Phi) is 4.37. The van der Waals surface area contributed by atoms with Gasteiger partial charge in [0.1, 0.15) is 5.82 Å². The van der Waals surface area contributed by atoms with Crippen LogP contribution in [0.1, 0.15) is 25.3 Å². The SMILES string of the molecule is CC1CCN(c2ccc(N/C=C3/C(=O)Nc4cc(F)ccc43)cc2)CC1. The number of carbonyl (C=O) groups excluding carboxylic acids is 1. The van der Waals surface area contributed by atoms with Gasteiger partial charge >= 0.3 is 0 Å². The van der Waals surface area contributed by atoms with Gasteiger partial charge in [-0.1, -0.05) is 6.92 Å². The smallest absolute Gasteiger partial charge is 0.257 e. The van der Waals surface area contributed by atoms with E-state index in [2.05, 4.69) is 34.6 Å². The molecule has 5 heteroatoms. The Labute approximate surface area is 152 Å². The van der Waals surface area contributed by atoms with Crippen LogP contribution in [0, 0.1) is 11.7 Å². The van der Waals surface area contributed by atoms with E-state index in [9.17, 15) is 9.18 Å². The van der Waals surface area contributed by atoms with Crippen molar-refractivity contribution in [2.24, 2.45) is 5.92 Å². The standard InChI is InChI=1S/C21H22FN3O/c1-14-8-10-25(11-9-14)17-5-3-16(4-6-17)23-13-19-18-7-2-15(22)12-20(18)24-21(19)26/h2-7,12-14,23H,8-11H2,1H3,(H,24,26)/b19-13+. The van der Waals surface area contributed by atoms with Crippen molar-refractivity contribution < 1.29 is 9.18 Å². The van der Waals surface area contributed by atoms with Crippen molar-refractivity contribution >= 4 is 28.5 Å². The first-order valence-corrected chi connectivity index (χ1v) is 9.03. The summed E-state index contributed by atoms with van der Waals surface area (Å²) >= 11 is 0. The zero-order chi connectivity index (χ0) is 18.1. The lowest BCUT2D eigenvalue weighted by atomic mass is 9.99. The molecule has 4 rings (SSSR count). The van der Waals surface area contributed by atoms with Crippen LogP contribution in [-0.2, 0) is 4.79 Å². The number of nitrogens with zero attached hydrogens (tertiary/aromatic N) is 1. The van der Waals surface area contributed by atoms with Crippen LogP contribution in [0.5, 0.6) is 0 Å². The minimum Gasteiger partial charge on any atom is -0.372 e. The maximum absolute atomic E-state index is 13.3. The Hall–Kier alpha value is -2.82. The van der Waals surface area contributed by atoms with Crippen molar-refractivity contribution in [1.29, 1.82) is 0 Å². The van der Waals surface area contributed by atoms with E-state index in [0.29, 0.717) is 16.8 Å². The lowest BCUT2D eigenvalue weighted by Crippen LogP contribution is -2.32. The third kappa shape index (κ3) is 3.29. The molecular weight excluding hydrogens is 329 g/mol. The molecule has 1 saturated heterocycles. The van der Waals surface area contributed by atoms with Gasteiger partial charge in [0.15, 0.2) is 0 Å². The minimum absolute atomic E-state index is 0.225. The molecule has 26 heavy (non-hydrogen) atoms. The van der Waals surface area contributed by atoms with Crippen molar-refractivity contribution in [3.63, 3.8) is 0 Å². The van der Waals surface area contributed by atoms with Gasteiger partial charge in [-0.2, -0.15) is 0 Å². The number of hydrogen-bond acceptors (Lipinski definition) is 3. The normalized spacial score (nSPS) is 18.8. The molecule has 0 bridgehead atoms. The van der Waals surface area contributed by atoms with E-state index in [1.54, 1.807) is 12.3 Å². The summed E-state index contributed by atoms with van der Waals surface area (Å²) in [5.74, 6) is 0.228. The third-order valence-electron chi connectivity index (χ3n) is 5.16. The molecule has 2 heterocycles. The van der Waals surface area contributed by atoms with Gasteiger partial charge in [0.2, 0.25) is 0 Å². The van der Waals surface area contributed by atoms with Crippen LogP contribution in [0.4, 0.5) is 21.5 Å². The highest BCUT2D eigenvalue weighted by Gasteiger charge is 2.24. The number of carbonyl (C=O) groups is 1. The highest BCUT2D eigenvalue weighted by molar-refractivity contribution is 6.31. The molecule has 1 fully saturated rings. The lowest BCUT2D eigenvalue weighted by Gasteiger charge is -2.32. The van der Waals surface area contributed by atoms with E-state index >= 15 is 0 Å². The molecule has 2 aromatic carbocycles. The van der Waals surface area contributed by atoms with Gasteiger partial charge in [-0.15, -0.1) is 0 Å². The second-order valence-electron chi connectivity index (χ2n) is 7.06. The second-order valence-corrected chi connectivity index (χ2v) is 7.06. The summed E-state index contributed by atoms with van der Waals surface area (Å²) < 4.78 is 13.3. The monoisotopic (exact) mass is 351 g/mol. The van der Waals surface area contributed by atoms with Gasteiger partial charge < -0.3 is 15.5 Å². The molecular formula is C21H22FN3O. The number of benzene rings is 2. The molecule has 134 valence electrons. The first-order chi connectivity index (χ1) is 12.6. The average Bonchev–Trinajstić information content (AvgIpc) is 2.95. The van der Waals surface area contributed by atoms with Gasteiger partial charge in [0.25, 0.3) is 5.91 Å². The van der Waals surface area contributed by atoms with E-state index in [-0.39, 0.29) is 11.7 Å². The van der Waals surface area contributed by atoms with E-state index < -0.39 is 0 Å². The van der Waals surface area contributed by atoms with Crippen LogP contribution in [-0.4, -0.2) is 19.0 Å². The zero-order valence-corrected chi connectivity index (χ0v) is 14.8. The number of rotatable bonds is 3. The van der Waals surface area contributed by atoms with Crippen LogP contribution in [0.3, 0.4) is 0 Å². The number of nitrogens with one attached hydrogen (secondary N) is 2.